The molecule has 0 bridgehead atoms. The zero-order valence-corrected chi connectivity index (χ0v) is 21.8. The van der Waals surface area contributed by atoms with E-state index in [4.69, 9.17) is 0 Å². The van der Waals surface area contributed by atoms with Crippen LogP contribution >= 0.6 is 0 Å². The van der Waals surface area contributed by atoms with Crippen LogP contribution in [0.2, 0.25) is 0 Å². The Morgan fingerprint density at radius 1 is 0.972 bits per heavy atom. The Morgan fingerprint density at radius 2 is 1.67 bits per heavy atom. The summed E-state index contributed by atoms with van der Waals surface area (Å²) >= 11 is 0. The molecule has 3 aromatic carbocycles. The number of amides is 2. The Hall–Kier alpha value is -3.39. The third kappa shape index (κ3) is 5.09. The van der Waals surface area contributed by atoms with Gasteiger partial charge in [0.15, 0.2) is 0 Å². The van der Waals surface area contributed by atoms with E-state index >= 15 is 0 Å². The van der Waals surface area contributed by atoms with Crippen molar-refractivity contribution < 1.29 is 18.0 Å². The molecule has 3 aromatic rings. The van der Waals surface area contributed by atoms with Crippen molar-refractivity contribution in [3.8, 4) is 0 Å². The van der Waals surface area contributed by atoms with E-state index < -0.39 is 16.1 Å². The molecular weight excluding hydrogens is 474 g/mol. The van der Waals surface area contributed by atoms with Crippen LogP contribution in [-0.2, 0) is 26.2 Å². The molecule has 190 valence electrons. The van der Waals surface area contributed by atoms with Crippen LogP contribution in [0.1, 0.15) is 45.6 Å². The molecule has 1 aliphatic heterocycles. The van der Waals surface area contributed by atoms with Gasteiger partial charge in [-0.1, -0.05) is 61.5 Å². The predicted molar refractivity (Wildman–Crippen MR) is 142 cm³/mol. The van der Waals surface area contributed by atoms with Crippen molar-refractivity contribution in [3.05, 3.63) is 72.3 Å². The van der Waals surface area contributed by atoms with Crippen molar-refractivity contribution in [1.29, 1.82) is 0 Å². The Morgan fingerprint density at radius 3 is 2.36 bits per heavy atom. The van der Waals surface area contributed by atoms with Crippen LogP contribution < -0.4 is 9.62 Å². The summed E-state index contributed by atoms with van der Waals surface area (Å²) in [4.78, 5) is 28.1. The first-order chi connectivity index (χ1) is 17.2. The van der Waals surface area contributed by atoms with Gasteiger partial charge in [0, 0.05) is 30.9 Å². The van der Waals surface area contributed by atoms with E-state index in [1.165, 1.54) is 4.31 Å². The van der Waals surface area contributed by atoms with Gasteiger partial charge in [0.2, 0.25) is 11.8 Å². The Kier molecular flexibility index (Phi) is 7.64. The summed E-state index contributed by atoms with van der Waals surface area (Å²) in [6.45, 7) is 6.16. The minimum Gasteiger partial charge on any atom is -0.352 e. The highest BCUT2D eigenvalue weighted by molar-refractivity contribution is 7.93. The maximum absolute atomic E-state index is 13.4. The summed E-state index contributed by atoms with van der Waals surface area (Å²) in [7, 11) is -3.67. The zero-order valence-electron chi connectivity index (χ0n) is 21.0. The lowest BCUT2D eigenvalue weighted by Crippen LogP contribution is -2.49. The first-order valence-corrected chi connectivity index (χ1v) is 13.9. The number of nitrogens with one attached hydrogen (secondary N) is 1. The summed E-state index contributed by atoms with van der Waals surface area (Å²) in [5.74, 6) is -0.379. The monoisotopic (exact) mass is 507 g/mol. The molecule has 1 aliphatic rings. The number of sulfonamides is 1. The van der Waals surface area contributed by atoms with Gasteiger partial charge in [-0.05, 0) is 49.8 Å². The summed E-state index contributed by atoms with van der Waals surface area (Å²) < 4.78 is 27.8. The van der Waals surface area contributed by atoms with Gasteiger partial charge in [-0.25, -0.2) is 8.42 Å². The van der Waals surface area contributed by atoms with Crippen LogP contribution in [0.15, 0.2) is 71.6 Å². The maximum Gasteiger partial charge on any atom is 0.265 e. The number of hydrogen-bond donors (Lipinski definition) is 1. The highest BCUT2D eigenvalue weighted by Gasteiger charge is 2.35. The molecule has 0 saturated heterocycles. The van der Waals surface area contributed by atoms with E-state index in [-0.39, 0.29) is 30.8 Å². The minimum absolute atomic E-state index is 0.0124. The minimum atomic E-state index is -3.67. The molecule has 0 saturated carbocycles. The van der Waals surface area contributed by atoms with Gasteiger partial charge in [-0.2, -0.15) is 0 Å². The van der Waals surface area contributed by atoms with Crippen LogP contribution in [-0.4, -0.2) is 43.8 Å². The number of anilines is 1. The Labute approximate surface area is 213 Å². The van der Waals surface area contributed by atoms with Crippen LogP contribution in [0.3, 0.4) is 0 Å². The lowest BCUT2D eigenvalue weighted by molar-refractivity contribution is -0.140. The second-order valence-electron chi connectivity index (χ2n) is 9.31. The third-order valence-corrected chi connectivity index (χ3v) is 8.65. The van der Waals surface area contributed by atoms with Crippen molar-refractivity contribution in [2.24, 2.45) is 0 Å². The van der Waals surface area contributed by atoms with Crippen molar-refractivity contribution in [2.45, 2.75) is 63.6 Å². The van der Waals surface area contributed by atoms with Crippen LogP contribution in [0.25, 0.3) is 10.8 Å². The van der Waals surface area contributed by atoms with Crippen LogP contribution in [0.4, 0.5) is 5.69 Å². The molecule has 1 heterocycles. The maximum atomic E-state index is 13.4. The molecule has 2 amide bonds. The normalized spacial score (nSPS) is 15.5. The number of benzene rings is 3. The molecule has 0 unspecified atom stereocenters. The van der Waals surface area contributed by atoms with E-state index in [1.54, 1.807) is 30.0 Å². The first kappa shape index (κ1) is 25.7. The van der Waals surface area contributed by atoms with Crippen molar-refractivity contribution in [2.75, 3.05) is 10.8 Å². The van der Waals surface area contributed by atoms with E-state index in [9.17, 15) is 18.0 Å². The second kappa shape index (κ2) is 10.7. The summed E-state index contributed by atoms with van der Waals surface area (Å²) in [5, 5.41) is 4.57. The fraction of sp³-hybridized carbons (Fsp3) is 0.357. The molecule has 0 radical (unpaired) electrons. The first-order valence-electron chi connectivity index (χ1n) is 12.4. The fourth-order valence-electron chi connectivity index (χ4n) is 4.54. The van der Waals surface area contributed by atoms with E-state index in [0.29, 0.717) is 23.5 Å². The molecular formula is C28H33N3O4S. The van der Waals surface area contributed by atoms with Crippen molar-refractivity contribution in [3.63, 3.8) is 0 Å². The van der Waals surface area contributed by atoms with Gasteiger partial charge >= 0.3 is 0 Å². The summed E-state index contributed by atoms with van der Waals surface area (Å²) in [5.41, 5.74) is 1.58. The standard InChI is InChI=1S/C28H33N3O4S/c1-4-20(2)29-28(33)21(3)30(19-22-11-6-5-7-12-22)26(32)17-10-18-31-24-15-8-13-23-14-9-16-25(27(23)24)36(31,34)35/h5-9,11-16,20-21H,4,10,17-19H2,1-3H3,(H,29,33)/t20-,21-/m0/s1. The average Bonchev–Trinajstić information content (AvgIpc) is 3.10. The number of nitrogens with zero attached hydrogens (tertiary/aromatic N) is 2. The lowest BCUT2D eigenvalue weighted by Gasteiger charge is -2.30. The largest absolute Gasteiger partial charge is 0.352 e. The number of carbonyl (C=O) groups is 2. The molecule has 1 N–H and O–H groups in total. The van der Waals surface area contributed by atoms with Gasteiger partial charge in [0.05, 0.1) is 10.6 Å². The summed E-state index contributed by atoms with van der Waals surface area (Å²) in [6.07, 6.45) is 1.27. The molecule has 0 aromatic heterocycles. The quantitative estimate of drug-likeness (QED) is 0.439. The molecule has 0 fully saturated rings. The van der Waals surface area contributed by atoms with Crippen molar-refractivity contribution >= 4 is 38.3 Å². The van der Waals surface area contributed by atoms with E-state index in [2.05, 4.69) is 5.32 Å². The lowest BCUT2D eigenvalue weighted by atomic mass is 10.1. The zero-order chi connectivity index (χ0) is 25.9. The number of rotatable bonds is 10. The average molecular weight is 508 g/mol. The SMILES string of the molecule is CC[C@H](C)NC(=O)[C@H](C)N(Cc1ccccc1)C(=O)CCCN1c2cccc3cccc(c23)S1(=O)=O. The van der Waals surface area contributed by atoms with Crippen molar-refractivity contribution in [1.82, 2.24) is 10.2 Å². The van der Waals surface area contributed by atoms with Gasteiger partial charge in [0.25, 0.3) is 10.0 Å². The van der Waals surface area contributed by atoms with Gasteiger partial charge in [-0.15, -0.1) is 0 Å². The second-order valence-corrected chi connectivity index (χ2v) is 11.1. The van der Waals surface area contributed by atoms with Crippen LogP contribution in [0, 0.1) is 0 Å². The third-order valence-electron chi connectivity index (χ3n) is 6.80. The highest BCUT2D eigenvalue weighted by atomic mass is 32.2. The Balaban J connectivity index is 1.48. The molecule has 0 aliphatic carbocycles. The van der Waals surface area contributed by atoms with Gasteiger partial charge < -0.3 is 10.2 Å². The molecule has 2 atom stereocenters. The van der Waals surface area contributed by atoms with Gasteiger partial charge in [0.1, 0.15) is 6.04 Å². The van der Waals surface area contributed by atoms with E-state index in [1.807, 2.05) is 62.4 Å². The fourth-order valence-corrected chi connectivity index (χ4v) is 6.29. The smallest absolute Gasteiger partial charge is 0.265 e. The number of hydrogen-bond acceptors (Lipinski definition) is 4. The predicted octanol–water partition coefficient (Wildman–Crippen LogP) is 4.46. The number of carbonyl (C=O) groups excluding carboxylic acids is 2. The topological polar surface area (TPSA) is 86.8 Å². The molecule has 8 heteroatoms. The molecule has 0 spiro atoms. The molecule has 7 nitrogen and oxygen atoms in total. The Bertz CT molecular complexity index is 1350. The summed E-state index contributed by atoms with van der Waals surface area (Å²) in [6, 6.07) is 19.8. The van der Waals surface area contributed by atoms with Crippen LogP contribution in [0.5, 0.6) is 0 Å². The highest BCUT2D eigenvalue weighted by Crippen LogP contribution is 2.42. The van der Waals surface area contributed by atoms with E-state index in [0.717, 1.165) is 22.8 Å². The molecule has 4 rings (SSSR count). The molecule has 36 heavy (non-hydrogen) atoms. The van der Waals surface area contributed by atoms with Gasteiger partial charge in [-0.3, -0.25) is 13.9 Å².